The molecule has 1 aromatic rings. The first kappa shape index (κ1) is 10.8. The van der Waals surface area contributed by atoms with Gasteiger partial charge in [-0.1, -0.05) is 24.3 Å². The van der Waals surface area contributed by atoms with E-state index in [1.54, 1.807) is 0 Å². The summed E-state index contributed by atoms with van der Waals surface area (Å²) in [5.74, 6) is 0.891. The van der Waals surface area contributed by atoms with Crippen molar-refractivity contribution in [3.63, 3.8) is 0 Å². The maximum atomic E-state index is 12.0. The predicted octanol–water partition coefficient (Wildman–Crippen LogP) is 2.76. The molecular formula is C15H19NO. The molecular weight excluding hydrogens is 210 g/mol. The van der Waals surface area contributed by atoms with Crippen LogP contribution in [0.3, 0.4) is 0 Å². The Morgan fingerprint density at radius 2 is 2.18 bits per heavy atom. The van der Waals surface area contributed by atoms with Crippen LogP contribution in [0.4, 0.5) is 0 Å². The fraction of sp³-hybridized carbons (Fsp3) is 0.533. The first-order valence-electron chi connectivity index (χ1n) is 6.57. The first-order valence-corrected chi connectivity index (χ1v) is 6.57. The Hall–Kier alpha value is -1.31. The maximum absolute atomic E-state index is 12.0. The molecule has 2 heteroatoms. The molecule has 0 spiro atoms. The minimum Gasteiger partial charge on any atom is -0.347 e. The summed E-state index contributed by atoms with van der Waals surface area (Å²) in [6.45, 7) is 2.16. The number of carbonyl (C=O) groups is 1. The molecule has 0 radical (unpaired) electrons. The van der Waals surface area contributed by atoms with Crippen molar-refractivity contribution in [2.45, 2.75) is 44.6 Å². The second-order valence-electron chi connectivity index (χ2n) is 5.68. The van der Waals surface area contributed by atoms with Gasteiger partial charge in [-0.15, -0.1) is 0 Å². The third-order valence-corrected chi connectivity index (χ3v) is 4.09. The molecule has 2 nitrogen and oxygen atoms in total. The quantitative estimate of drug-likeness (QED) is 0.848. The number of amides is 1. The zero-order valence-corrected chi connectivity index (χ0v) is 10.3. The van der Waals surface area contributed by atoms with Crippen LogP contribution < -0.4 is 5.32 Å². The Bertz CT molecular complexity index is 450. The highest BCUT2D eigenvalue weighted by atomic mass is 16.1. The van der Waals surface area contributed by atoms with E-state index in [-0.39, 0.29) is 11.4 Å². The van der Waals surface area contributed by atoms with Gasteiger partial charge < -0.3 is 5.32 Å². The molecule has 90 valence electrons. The van der Waals surface area contributed by atoms with E-state index in [1.165, 1.54) is 24.0 Å². The van der Waals surface area contributed by atoms with Gasteiger partial charge in [0.1, 0.15) is 0 Å². The average molecular weight is 229 g/mol. The van der Waals surface area contributed by atoms with Crippen LogP contribution >= 0.6 is 0 Å². The van der Waals surface area contributed by atoms with Crippen molar-refractivity contribution in [3.05, 3.63) is 35.4 Å². The number of carbonyl (C=O) groups excluding carboxylic acids is 1. The maximum Gasteiger partial charge on any atom is 0.220 e. The first-order chi connectivity index (χ1) is 8.17. The number of hydrogen-bond acceptors (Lipinski definition) is 1. The zero-order chi connectivity index (χ0) is 11.9. The van der Waals surface area contributed by atoms with Gasteiger partial charge in [0.15, 0.2) is 0 Å². The summed E-state index contributed by atoms with van der Waals surface area (Å²) in [5, 5.41) is 3.24. The topological polar surface area (TPSA) is 29.1 Å². The van der Waals surface area contributed by atoms with E-state index in [0.29, 0.717) is 5.92 Å². The molecule has 3 rings (SSSR count). The number of aryl methyl sites for hydroxylation is 1. The summed E-state index contributed by atoms with van der Waals surface area (Å²) < 4.78 is 0. The summed E-state index contributed by atoms with van der Waals surface area (Å²) in [4.78, 5) is 12.0. The van der Waals surface area contributed by atoms with E-state index in [2.05, 4.69) is 36.5 Å². The van der Waals surface area contributed by atoms with Gasteiger partial charge in [-0.25, -0.2) is 0 Å². The van der Waals surface area contributed by atoms with Crippen LogP contribution in [0.2, 0.25) is 0 Å². The predicted molar refractivity (Wildman–Crippen MR) is 67.6 cm³/mol. The number of nitrogens with one attached hydrogen (secondary N) is 1. The van der Waals surface area contributed by atoms with Gasteiger partial charge in [-0.3, -0.25) is 4.79 Å². The van der Waals surface area contributed by atoms with Crippen LogP contribution in [-0.4, -0.2) is 5.91 Å². The molecule has 1 aromatic carbocycles. The highest BCUT2D eigenvalue weighted by Gasteiger charge is 2.36. The largest absolute Gasteiger partial charge is 0.347 e. The minimum atomic E-state index is -0.136. The molecule has 2 aliphatic carbocycles. The molecule has 1 N–H and O–H groups in total. The van der Waals surface area contributed by atoms with Crippen molar-refractivity contribution in [2.75, 3.05) is 0 Å². The Balaban J connectivity index is 1.75. The van der Waals surface area contributed by atoms with E-state index in [0.717, 1.165) is 19.3 Å². The molecule has 0 saturated heterocycles. The van der Waals surface area contributed by atoms with Crippen LogP contribution in [0, 0.1) is 5.92 Å². The second-order valence-corrected chi connectivity index (χ2v) is 5.68. The minimum absolute atomic E-state index is 0.136. The van der Waals surface area contributed by atoms with Crippen molar-refractivity contribution in [2.24, 2.45) is 5.92 Å². The number of hydrogen-bond donors (Lipinski definition) is 1. The third kappa shape index (κ3) is 2.08. The highest BCUT2D eigenvalue weighted by molar-refractivity contribution is 5.77. The van der Waals surface area contributed by atoms with Gasteiger partial charge in [0.05, 0.1) is 5.54 Å². The fourth-order valence-corrected chi connectivity index (χ4v) is 2.87. The summed E-state index contributed by atoms with van der Waals surface area (Å²) in [5.41, 5.74) is 2.56. The van der Waals surface area contributed by atoms with Gasteiger partial charge in [-0.05, 0) is 49.7 Å². The molecule has 2 aliphatic rings. The van der Waals surface area contributed by atoms with E-state index in [1.807, 2.05) is 0 Å². The second kappa shape index (κ2) is 3.86. The van der Waals surface area contributed by atoms with Gasteiger partial charge >= 0.3 is 0 Å². The van der Waals surface area contributed by atoms with Crippen molar-refractivity contribution < 1.29 is 4.79 Å². The van der Waals surface area contributed by atoms with Crippen LogP contribution in [-0.2, 0) is 16.8 Å². The van der Waals surface area contributed by atoms with E-state index < -0.39 is 0 Å². The SMILES string of the molecule is CC1(NC(=O)CC2CC2)CCc2ccccc21. The van der Waals surface area contributed by atoms with Crippen molar-refractivity contribution in [3.8, 4) is 0 Å². The summed E-state index contributed by atoms with van der Waals surface area (Å²) in [6.07, 6.45) is 5.30. The third-order valence-electron chi connectivity index (χ3n) is 4.09. The monoisotopic (exact) mass is 229 g/mol. The van der Waals surface area contributed by atoms with E-state index >= 15 is 0 Å². The van der Waals surface area contributed by atoms with Crippen LogP contribution in [0.5, 0.6) is 0 Å². The smallest absolute Gasteiger partial charge is 0.220 e. The van der Waals surface area contributed by atoms with Crippen LogP contribution in [0.1, 0.15) is 43.7 Å². The molecule has 0 bridgehead atoms. The molecule has 1 atom stereocenters. The standard InChI is InChI=1S/C15H19NO/c1-15(16-14(17)10-11-6-7-11)9-8-12-4-2-3-5-13(12)15/h2-5,11H,6-10H2,1H3,(H,16,17). The Morgan fingerprint density at radius 3 is 2.94 bits per heavy atom. The number of benzene rings is 1. The van der Waals surface area contributed by atoms with Gasteiger partial charge in [0, 0.05) is 6.42 Å². The molecule has 1 amide bonds. The Kier molecular flexibility index (Phi) is 2.46. The van der Waals surface area contributed by atoms with Crippen LogP contribution in [0.25, 0.3) is 0 Å². The molecule has 1 saturated carbocycles. The Labute approximate surface area is 102 Å². The number of fused-ring (bicyclic) bond motifs is 1. The molecule has 0 aliphatic heterocycles. The molecule has 1 fully saturated rings. The molecule has 0 heterocycles. The lowest BCUT2D eigenvalue weighted by atomic mass is 9.94. The van der Waals surface area contributed by atoms with Gasteiger partial charge in [0.2, 0.25) is 5.91 Å². The molecule has 17 heavy (non-hydrogen) atoms. The van der Waals surface area contributed by atoms with Gasteiger partial charge in [0.25, 0.3) is 0 Å². The van der Waals surface area contributed by atoms with Gasteiger partial charge in [-0.2, -0.15) is 0 Å². The normalized spacial score (nSPS) is 26.6. The molecule has 0 aromatic heterocycles. The highest BCUT2D eigenvalue weighted by Crippen LogP contribution is 2.37. The van der Waals surface area contributed by atoms with Crippen molar-refractivity contribution >= 4 is 5.91 Å². The molecule has 1 unspecified atom stereocenters. The average Bonchev–Trinajstić information content (AvgIpc) is 3.04. The fourth-order valence-electron chi connectivity index (χ4n) is 2.87. The summed E-state index contributed by atoms with van der Waals surface area (Å²) in [6, 6.07) is 8.47. The van der Waals surface area contributed by atoms with E-state index in [9.17, 15) is 4.79 Å². The van der Waals surface area contributed by atoms with Crippen molar-refractivity contribution in [1.29, 1.82) is 0 Å². The Morgan fingerprint density at radius 1 is 1.41 bits per heavy atom. The summed E-state index contributed by atoms with van der Waals surface area (Å²) >= 11 is 0. The lowest BCUT2D eigenvalue weighted by molar-refractivity contribution is -0.123. The lowest BCUT2D eigenvalue weighted by Crippen LogP contribution is -2.41. The van der Waals surface area contributed by atoms with Crippen LogP contribution in [0.15, 0.2) is 24.3 Å². The number of rotatable bonds is 3. The zero-order valence-electron chi connectivity index (χ0n) is 10.3. The summed E-state index contributed by atoms with van der Waals surface area (Å²) in [7, 11) is 0. The van der Waals surface area contributed by atoms with E-state index in [4.69, 9.17) is 0 Å². The van der Waals surface area contributed by atoms with Crippen molar-refractivity contribution in [1.82, 2.24) is 5.32 Å². The lowest BCUT2D eigenvalue weighted by Gasteiger charge is -2.27.